The first-order valence-electron chi connectivity index (χ1n) is 9.88. The van der Waals surface area contributed by atoms with Gasteiger partial charge in [-0.2, -0.15) is 0 Å². The minimum Gasteiger partial charge on any atom is -0.445 e. The van der Waals surface area contributed by atoms with Crippen LogP contribution in [-0.2, 0) is 22.1 Å². The molecule has 3 aromatic rings. The van der Waals surface area contributed by atoms with Crippen molar-refractivity contribution in [2.75, 3.05) is 38.5 Å². The number of H-pyrrole nitrogens is 1. The number of oxazole rings is 1. The van der Waals surface area contributed by atoms with Gasteiger partial charge in [0.2, 0.25) is 0 Å². The Morgan fingerprint density at radius 1 is 1.13 bits per heavy atom. The van der Waals surface area contributed by atoms with E-state index in [2.05, 4.69) is 9.88 Å². The normalized spacial score (nSPS) is 15.8. The molecule has 1 unspecified atom stereocenters. The van der Waals surface area contributed by atoms with Crippen LogP contribution in [0.1, 0.15) is 5.56 Å². The molecule has 31 heavy (non-hydrogen) atoms. The second-order valence-electron chi connectivity index (χ2n) is 7.23. The van der Waals surface area contributed by atoms with Gasteiger partial charge in [-0.3, -0.25) is 14.1 Å². The molecular weight excluding hydrogens is 442 g/mol. The summed E-state index contributed by atoms with van der Waals surface area (Å²) in [5.74, 6) is -0.0660. The van der Waals surface area contributed by atoms with Gasteiger partial charge in [0.25, 0.3) is 0 Å². The van der Waals surface area contributed by atoms with Crippen molar-refractivity contribution in [3.8, 4) is 0 Å². The van der Waals surface area contributed by atoms with Crippen molar-refractivity contribution in [1.82, 2.24) is 14.8 Å². The highest BCUT2D eigenvalue weighted by Gasteiger charge is 2.22. The highest BCUT2D eigenvalue weighted by Crippen LogP contribution is 2.16. The first kappa shape index (κ1) is 21.6. The molecule has 8 nitrogen and oxygen atoms in total. The average molecular weight is 464 g/mol. The van der Waals surface area contributed by atoms with Gasteiger partial charge in [-0.15, -0.1) is 0 Å². The molecule has 1 amide bonds. The number of benzene rings is 2. The quantitative estimate of drug-likeness (QED) is 0.604. The van der Waals surface area contributed by atoms with Gasteiger partial charge in [-0.25, -0.2) is 9.59 Å². The molecule has 2 heterocycles. The molecule has 164 valence electrons. The van der Waals surface area contributed by atoms with Gasteiger partial charge in [0.05, 0.1) is 16.3 Å². The number of piperazine rings is 1. The summed E-state index contributed by atoms with van der Waals surface area (Å²) in [6, 6.07) is 12.3. The number of ether oxygens (including phenoxy) is 1. The predicted molar refractivity (Wildman–Crippen MR) is 118 cm³/mol. The number of nitrogens with zero attached hydrogens (tertiary/aromatic N) is 2. The van der Waals surface area contributed by atoms with Crippen molar-refractivity contribution < 1.29 is 18.2 Å². The Morgan fingerprint density at radius 2 is 1.87 bits per heavy atom. The van der Waals surface area contributed by atoms with E-state index in [-0.39, 0.29) is 12.7 Å². The number of rotatable bonds is 6. The van der Waals surface area contributed by atoms with Gasteiger partial charge in [0.1, 0.15) is 6.61 Å². The summed E-state index contributed by atoms with van der Waals surface area (Å²) in [5.41, 5.74) is 1.88. The van der Waals surface area contributed by atoms with Crippen LogP contribution in [0.25, 0.3) is 11.1 Å². The summed E-state index contributed by atoms with van der Waals surface area (Å²) in [7, 11) is -1.21. The third kappa shape index (κ3) is 5.55. The number of hydrogen-bond donors (Lipinski definition) is 1. The molecule has 0 aliphatic carbocycles. The van der Waals surface area contributed by atoms with Gasteiger partial charge in [0.15, 0.2) is 5.58 Å². The van der Waals surface area contributed by atoms with Crippen LogP contribution >= 0.6 is 11.6 Å². The number of fused-ring (bicyclic) bond motifs is 1. The van der Waals surface area contributed by atoms with Crippen molar-refractivity contribution in [2.24, 2.45) is 0 Å². The van der Waals surface area contributed by atoms with Gasteiger partial charge in [-0.1, -0.05) is 23.7 Å². The van der Waals surface area contributed by atoms with Crippen LogP contribution in [0.4, 0.5) is 4.79 Å². The topological polar surface area (TPSA) is 95.9 Å². The highest BCUT2D eigenvalue weighted by molar-refractivity contribution is 7.85. The van der Waals surface area contributed by atoms with Gasteiger partial charge >= 0.3 is 11.8 Å². The summed E-state index contributed by atoms with van der Waals surface area (Å²) >= 11 is 5.86. The number of carbonyl (C=O) groups is 1. The zero-order valence-corrected chi connectivity index (χ0v) is 18.3. The molecule has 4 rings (SSSR count). The van der Waals surface area contributed by atoms with E-state index < -0.39 is 16.6 Å². The monoisotopic (exact) mass is 463 g/mol. The Morgan fingerprint density at radius 3 is 2.61 bits per heavy atom. The van der Waals surface area contributed by atoms with Gasteiger partial charge in [0, 0.05) is 48.4 Å². The fourth-order valence-corrected chi connectivity index (χ4v) is 4.61. The van der Waals surface area contributed by atoms with Gasteiger partial charge < -0.3 is 14.1 Å². The summed E-state index contributed by atoms with van der Waals surface area (Å²) in [5, 5.41) is 0.642. The first-order valence-corrected chi connectivity index (χ1v) is 11.6. The lowest BCUT2D eigenvalue weighted by Crippen LogP contribution is -2.49. The van der Waals surface area contributed by atoms with Crippen LogP contribution in [0.2, 0.25) is 5.02 Å². The molecule has 0 spiro atoms. The Labute approximate surface area is 186 Å². The second kappa shape index (κ2) is 9.67. The second-order valence-corrected chi connectivity index (χ2v) is 9.24. The van der Waals surface area contributed by atoms with Gasteiger partial charge in [-0.05, 0) is 35.9 Å². The lowest BCUT2D eigenvalue weighted by atomic mass is 10.2. The van der Waals surface area contributed by atoms with Crippen molar-refractivity contribution >= 4 is 39.6 Å². The number of hydrogen-bond acceptors (Lipinski definition) is 6. The zero-order chi connectivity index (χ0) is 21.8. The minimum atomic E-state index is -1.21. The largest absolute Gasteiger partial charge is 0.445 e. The summed E-state index contributed by atoms with van der Waals surface area (Å²) < 4.78 is 23.0. The van der Waals surface area contributed by atoms with Crippen molar-refractivity contribution in [3.05, 3.63) is 63.6 Å². The SMILES string of the molecule is O=C(OCc1ccc(Cl)cc1)N1CCN(CCS(=O)c2ccc3[nH]c(=O)oc3c2)CC1. The van der Waals surface area contributed by atoms with E-state index in [1.807, 2.05) is 12.1 Å². The number of carbonyl (C=O) groups excluding carboxylic acids is 1. The molecule has 1 aromatic heterocycles. The molecule has 1 aliphatic rings. The number of amides is 1. The summed E-state index contributed by atoms with van der Waals surface area (Å²) in [6.07, 6.45) is -0.334. The molecule has 0 bridgehead atoms. The van der Waals surface area contributed by atoms with E-state index in [0.717, 1.165) is 5.56 Å². The highest BCUT2D eigenvalue weighted by atomic mass is 35.5. The molecule has 2 aromatic carbocycles. The standard InChI is InChI=1S/C21H22ClN3O5S/c22-16-3-1-15(2-4-16)14-29-21(27)25-9-7-24(8-10-25)11-12-31(28)17-5-6-18-19(13-17)30-20(26)23-18/h1-6,13H,7-12,14H2,(H,23,26). The molecule has 1 saturated heterocycles. The molecule has 10 heteroatoms. The maximum atomic E-state index is 12.6. The lowest BCUT2D eigenvalue weighted by molar-refractivity contribution is 0.0730. The van der Waals surface area contributed by atoms with E-state index in [4.69, 9.17) is 20.8 Å². The van der Waals surface area contributed by atoms with Crippen LogP contribution in [0, 0.1) is 0 Å². The minimum absolute atomic E-state index is 0.209. The molecule has 1 aliphatic heterocycles. The van der Waals surface area contributed by atoms with Crippen molar-refractivity contribution in [1.29, 1.82) is 0 Å². The average Bonchev–Trinajstić information content (AvgIpc) is 3.16. The maximum absolute atomic E-state index is 12.6. The first-order chi connectivity index (χ1) is 15.0. The van der Waals surface area contributed by atoms with E-state index in [0.29, 0.717) is 59.5 Å². The van der Waals surface area contributed by atoms with Crippen LogP contribution in [0.3, 0.4) is 0 Å². The number of aromatic nitrogens is 1. The Balaban J connectivity index is 1.21. The Hall–Kier alpha value is -2.62. The molecule has 1 fully saturated rings. The van der Waals surface area contributed by atoms with Crippen LogP contribution < -0.4 is 5.76 Å². The van der Waals surface area contributed by atoms with Crippen molar-refractivity contribution in [2.45, 2.75) is 11.5 Å². The smallest absolute Gasteiger partial charge is 0.417 e. The Kier molecular flexibility index (Phi) is 6.74. The van der Waals surface area contributed by atoms with E-state index in [1.165, 1.54) is 0 Å². The molecule has 0 saturated carbocycles. The van der Waals surface area contributed by atoms with Crippen LogP contribution in [0.5, 0.6) is 0 Å². The van der Waals surface area contributed by atoms with Crippen LogP contribution in [0.15, 0.2) is 56.6 Å². The molecule has 1 N–H and O–H groups in total. The van der Waals surface area contributed by atoms with E-state index in [1.54, 1.807) is 35.2 Å². The summed E-state index contributed by atoms with van der Waals surface area (Å²) in [4.78, 5) is 30.6. The number of halogens is 1. The third-order valence-corrected chi connectivity index (χ3v) is 6.74. The fourth-order valence-electron chi connectivity index (χ4n) is 3.37. The lowest BCUT2D eigenvalue weighted by Gasteiger charge is -2.33. The maximum Gasteiger partial charge on any atom is 0.417 e. The zero-order valence-electron chi connectivity index (χ0n) is 16.7. The summed E-state index contributed by atoms with van der Waals surface area (Å²) in [6.45, 7) is 3.37. The number of nitrogens with one attached hydrogen (secondary N) is 1. The molecule has 1 atom stereocenters. The fraction of sp³-hybridized carbons (Fsp3) is 0.333. The number of aromatic amines is 1. The molecule has 0 radical (unpaired) electrons. The predicted octanol–water partition coefficient (Wildman–Crippen LogP) is 2.84. The van der Waals surface area contributed by atoms with Crippen LogP contribution in [-0.4, -0.2) is 63.6 Å². The third-order valence-electron chi connectivity index (χ3n) is 5.15. The van der Waals surface area contributed by atoms with Crippen molar-refractivity contribution in [3.63, 3.8) is 0 Å². The van der Waals surface area contributed by atoms with E-state index in [9.17, 15) is 13.8 Å². The molecular formula is C21H22ClN3O5S. The Bertz CT molecular complexity index is 1140. The van der Waals surface area contributed by atoms with E-state index >= 15 is 0 Å².